The summed E-state index contributed by atoms with van der Waals surface area (Å²) < 4.78 is 38.9. The molecule has 6 heteroatoms. The monoisotopic (exact) mass is 288 g/mol. The lowest BCUT2D eigenvalue weighted by molar-refractivity contribution is -0.137. The second-order valence-corrected chi connectivity index (χ2v) is 5.66. The van der Waals surface area contributed by atoms with Gasteiger partial charge in [-0.1, -0.05) is 19.8 Å². The van der Waals surface area contributed by atoms with E-state index < -0.39 is 17.3 Å². The summed E-state index contributed by atoms with van der Waals surface area (Å²) in [5.74, 6) is 0.185. The van der Waals surface area contributed by atoms with Crippen molar-refractivity contribution in [2.45, 2.75) is 44.3 Å². The van der Waals surface area contributed by atoms with E-state index in [9.17, 15) is 18.3 Å². The molecule has 1 saturated carbocycles. The summed E-state index contributed by atoms with van der Waals surface area (Å²) in [5.41, 5.74) is -1.49. The largest absolute Gasteiger partial charge is 0.419 e. The van der Waals surface area contributed by atoms with E-state index in [0.717, 1.165) is 18.9 Å². The van der Waals surface area contributed by atoms with E-state index in [2.05, 4.69) is 10.3 Å². The van der Waals surface area contributed by atoms with Crippen molar-refractivity contribution in [3.8, 4) is 0 Å². The molecule has 2 atom stereocenters. The zero-order valence-electron chi connectivity index (χ0n) is 11.4. The van der Waals surface area contributed by atoms with E-state index in [4.69, 9.17) is 0 Å². The minimum Gasteiger partial charge on any atom is -0.394 e. The molecule has 2 unspecified atom stereocenters. The standard InChI is InChI=1S/C14H19F3N2O/c1-10-4-2-6-13(8-10,9-20)19-12-11(14(15,16)17)5-3-7-18-12/h3,5,7,10,20H,2,4,6,8-9H2,1H3,(H,18,19). The molecule has 112 valence electrons. The molecule has 1 heterocycles. The molecule has 1 fully saturated rings. The molecule has 0 aliphatic heterocycles. The van der Waals surface area contributed by atoms with Crippen LogP contribution < -0.4 is 5.32 Å². The van der Waals surface area contributed by atoms with Gasteiger partial charge in [0.05, 0.1) is 17.7 Å². The fourth-order valence-electron chi connectivity index (χ4n) is 2.94. The molecule has 2 rings (SSSR count). The van der Waals surface area contributed by atoms with Crippen molar-refractivity contribution in [2.75, 3.05) is 11.9 Å². The Labute approximate surface area is 116 Å². The highest BCUT2D eigenvalue weighted by molar-refractivity contribution is 5.48. The first kappa shape index (κ1) is 15.1. The smallest absolute Gasteiger partial charge is 0.394 e. The fourth-order valence-corrected chi connectivity index (χ4v) is 2.94. The van der Waals surface area contributed by atoms with Crippen LogP contribution in [-0.4, -0.2) is 22.2 Å². The number of pyridine rings is 1. The van der Waals surface area contributed by atoms with Crippen LogP contribution in [0.25, 0.3) is 0 Å². The molecule has 0 saturated heterocycles. The SMILES string of the molecule is CC1CCCC(CO)(Nc2ncccc2C(F)(F)F)C1. The Kier molecular flexibility index (Phi) is 4.22. The Morgan fingerprint density at radius 2 is 2.25 bits per heavy atom. The van der Waals surface area contributed by atoms with E-state index in [1.807, 2.05) is 6.92 Å². The van der Waals surface area contributed by atoms with E-state index in [-0.39, 0.29) is 12.4 Å². The van der Waals surface area contributed by atoms with Gasteiger partial charge in [-0.3, -0.25) is 0 Å². The van der Waals surface area contributed by atoms with Gasteiger partial charge in [-0.05, 0) is 30.9 Å². The van der Waals surface area contributed by atoms with Crippen LogP contribution in [-0.2, 0) is 6.18 Å². The number of aliphatic hydroxyl groups excluding tert-OH is 1. The number of halogens is 3. The van der Waals surface area contributed by atoms with Crippen molar-refractivity contribution in [3.05, 3.63) is 23.9 Å². The molecule has 0 bridgehead atoms. The lowest BCUT2D eigenvalue weighted by Gasteiger charge is -2.40. The Morgan fingerprint density at radius 1 is 1.50 bits per heavy atom. The zero-order valence-corrected chi connectivity index (χ0v) is 11.4. The van der Waals surface area contributed by atoms with E-state index in [0.29, 0.717) is 18.8 Å². The second kappa shape index (κ2) is 5.60. The van der Waals surface area contributed by atoms with Crippen molar-refractivity contribution in [1.29, 1.82) is 0 Å². The van der Waals surface area contributed by atoms with Crippen LogP contribution in [0.3, 0.4) is 0 Å². The molecule has 1 aromatic rings. The number of rotatable bonds is 3. The highest BCUT2D eigenvalue weighted by Gasteiger charge is 2.39. The molecule has 1 aliphatic carbocycles. The quantitative estimate of drug-likeness (QED) is 0.895. The number of hydrogen-bond donors (Lipinski definition) is 2. The third kappa shape index (κ3) is 3.23. The summed E-state index contributed by atoms with van der Waals surface area (Å²) in [5, 5.41) is 12.5. The molecule has 0 aromatic carbocycles. The number of nitrogens with one attached hydrogen (secondary N) is 1. The van der Waals surface area contributed by atoms with Crippen LogP contribution in [0.5, 0.6) is 0 Å². The summed E-state index contributed by atoms with van der Waals surface area (Å²) in [6, 6.07) is 2.27. The Bertz CT molecular complexity index is 464. The van der Waals surface area contributed by atoms with Crippen molar-refractivity contribution in [3.63, 3.8) is 0 Å². The number of aliphatic hydroxyl groups is 1. The molecule has 3 nitrogen and oxygen atoms in total. The normalized spacial score (nSPS) is 27.4. The van der Waals surface area contributed by atoms with Gasteiger partial charge in [-0.15, -0.1) is 0 Å². The zero-order chi connectivity index (χ0) is 14.8. The van der Waals surface area contributed by atoms with Crippen LogP contribution in [0, 0.1) is 5.92 Å². The topological polar surface area (TPSA) is 45.1 Å². The lowest BCUT2D eigenvalue weighted by atomic mass is 9.77. The molecule has 0 radical (unpaired) electrons. The maximum atomic E-state index is 13.0. The fraction of sp³-hybridized carbons (Fsp3) is 0.643. The average Bonchev–Trinajstić information content (AvgIpc) is 2.38. The van der Waals surface area contributed by atoms with Gasteiger partial charge in [0.25, 0.3) is 0 Å². The Hall–Kier alpha value is -1.30. The number of anilines is 1. The van der Waals surface area contributed by atoms with Gasteiger partial charge in [-0.2, -0.15) is 13.2 Å². The summed E-state index contributed by atoms with van der Waals surface area (Å²) in [6.07, 6.45) is 0.113. The highest BCUT2D eigenvalue weighted by Crippen LogP contribution is 2.38. The lowest BCUT2D eigenvalue weighted by Crippen LogP contribution is -2.46. The minimum absolute atomic E-state index is 0.189. The van der Waals surface area contributed by atoms with Crippen LogP contribution in [0.4, 0.5) is 19.0 Å². The summed E-state index contributed by atoms with van der Waals surface area (Å²) in [4.78, 5) is 3.82. The van der Waals surface area contributed by atoms with Gasteiger partial charge in [-0.25, -0.2) is 4.98 Å². The third-order valence-corrected chi connectivity index (χ3v) is 3.89. The molecule has 20 heavy (non-hydrogen) atoms. The first-order valence-corrected chi connectivity index (χ1v) is 6.77. The van der Waals surface area contributed by atoms with E-state index in [1.165, 1.54) is 12.3 Å². The summed E-state index contributed by atoms with van der Waals surface area (Å²) in [7, 11) is 0. The van der Waals surface area contributed by atoms with E-state index in [1.54, 1.807) is 0 Å². The third-order valence-electron chi connectivity index (χ3n) is 3.89. The van der Waals surface area contributed by atoms with Crippen molar-refractivity contribution < 1.29 is 18.3 Å². The molecule has 1 aromatic heterocycles. The molecule has 2 N–H and O–H groups in total. The van der Waals surface area contributed by atoms with Gasteiger partial charge >= 0.3 is 6.18 Å². The maximum absolute atomic E-state index is 13.0. The van der Waals surface area contributed by atoms with Gasteiger partial charge in [0.1, 0.15) is 5.82 Å². The Balaban J connectivity index is 2.28. The predicted octanol–water partition coefficient (Wildman–Crippen LogP) is 3.45. The van der Waals surface area contributed by atoms with Crippen LogP contribution in [0.15, 0.2) is 18.3 Å². The van der Waals surface area contributed by atoms with Crippen LogP contribution >= 0.6 is 0 Å². The van der Waals surface area contributed by atoms with Gasteiger partial charge in [0.2, 0.25) is 0 Å². The first-order chi connectivity index (χ1) is 9.36. The maximum Gasteiger partial charge on any atom is 0.419 e. The van der Waals surface area contributed by atoms with Gasteiger partial charge < -0.3 is 10.4 Å². The number of alkyl halides is 3. The Morgan fingerprint density at radius 3 is 2.85 bits per heavy atom. The number of aromatic nitrogens is 1. The summed E-state index contributed by atoms with van der Waals surface area (Å²) in [6.45, 7) is 1.86. The summed E-state index contributed by atoms with van der Waals surface area (Å²) >= 11 is 0. The predicted molar refractivity (Wildman–Crippen MR) is 70.3 cm³/mol. The van der Waals surface area contributed by atoms with Crippen molar-refractivity contribution in [2.24, 2.45) is 5.92 Å². The van der Waals surface area contributed by atoms with Gasteiger partial charge in [0, 0.05) is 6.20 Å². The molecule has 1 aliphatic rings. The average molecular weight is 288 g/mol. The van der Waals surface area contributed by atoms with Crippen molar-refractivity contribution in [1.82, 2.24) is 4.98 Å². The second-order valence-electron chi connectivity index (χ2n) is 5.66. The molecular weight excluding hydrogens is 269 g/mol. The molecule has 0 amide bonds. The first-order valence-electron chi connectivity index (χ1n) is 6.77. The molecule has 0 spiro atoms. The van der Waals surface area contributed by atoms with E-state index >= 15 is 0 Å². The van der Waals surface area contributed by atoms with Crippen LogP contribution in [0.1, 0.15) is 38.2 Å². The van der Waals surface area contributed by atoms with Gasteiger partial charge in [0.15, 0.2) is 0 Å². The highest BCUT2D eigenvalue weighted by atomic mass is 19.4. The van der Waals surface area contributed by atoms with Crippen LogP contribution in [0.2, 0.25) is 0 Å². The molecular formula is C14H19F3N2O. The number of nitrogens with zero attached hydrogens (tertiary/aromatic N) is 1. The number of hydrogen-bond acceptors (Lipinski definition) is 3. The van der Waals surface area contributed by atoms with Crippen molar-refractivity contribution >= 4 is 5.82 Å². The minimum atomic E-state index is -4.45.